The quantitative estimate of drug-likeness (QED) is 0.621. The Hall–Kier alpha value is -0.610. The SMILES string of the molecule is CCOCCC(=O)NCC(C)(C)CC(C)(C)CN. The summed E-state index contributed by atoms with van der Waals surface area (Å²) in [5.74, 6) is 0.0575. The van der Waals surface area contributed by atoms with Gasteiger partial charge in [0.25, 0.3) is 0 Å². The van der Waals surface area contributed by atoms with Gasteiger partial charge in [0.05, 0.1) is 6.61 Å². The molecule has 4 nitrogen and oxygen atoms in total. The summed E-state index contributed by atoms with van der Waals surface area (Å²) < 4.78 is 5.16. The van der Waals surface area contributed by atoms with Crippen molar-refractivity contribution in [1.29, 1.82) is 0 Å². The topological polar surface area (TPSA) is 64.3 Å². The molecule has 18 heavy (non-hydrogen) atoms. The highest BCUT2D eigenvalue weighted by molar-refractivity contribution is 5.75. The highest BCUT2D eigenvalue weighted by Crippen LogP contribution is 2.32. The van der Waals surface area contributed by atoms with Crippen LogP contribution >= 0.6 is 0 Å². The Morgan fingerprint density at radius 2 is 1.83 bits per heavy atom. The van der Waals surface area contributed by atoms with E-state index in [0.29, 0.717) is 32.7 Å². The molecule has 0 aromatic carbocycles. The Morgan fingerprint density at radius 3 is 2.33 bits per heavy atom. The smallest absolute Gasteiger partial charge is 0.222 e. The van der Waals surface area contributed by atoms with Crippen molar-refractivity contribution in [3.05, 3.63) is 0 Å². The van der Waals surface area contributed by atoms with E-state index in [1.54, 1.807) is 0 Å². The summed E-state index contributed by atoms with van der Waals surface area (Å²) in [7, 11) is 0. The number of carbonyl (C=O) groups is 1. The van der Waals surface area contributed by atoms with Gasteiger partial charge in [-0.2, -0.15) is 0 Å². The maximum absolute atomic E-state index is 11.6. The third kappa shape index (κ3) is 8.48. The fourth-order valence-electron chi connectivity index (χ4n) is 2.17. The molecular weight excluding hydrogens is 228 g/mol. The molecule has 108 valence electrons. The molecule has 0 rings (SSSR count). The summed E-state index contributed by atoms with van der Waals surface area (Å²) in [5, 5.41) is 2.97. The average Bonchev–Trinajstić information content (AvgIpc) is 2.26. The molecule has 0 atom stereocenters. The maximum atomic E-state index is 11.6. The number of hydrogen-bond donors (Lipinski definition) is 2. The molecule has 0 unspecified atom stereocenters. The highest BCUT2D eigenvalue weighted by atomic mass is 16.5. The summed E-state index contributed by atoms with van der Waals surface area (Å²) in [6.07, 6.45) is 1.42. The van der Waals surface area contributed by atoms with Gasteiger partial charge >= 0.3 is 0 Å². The van der Waals surface area contributed by atoms with E-state index in [1.165, 1.54) is 0 Å². The van der Waals surface area contributed by atoms with E-state index in [9.17, 15) is 4.79 Å². The molecule has 0 aliphatic heterocycles. The molecule has 0 spiro atoms. The first-order chi connectivity index (χ1) is 8.22. The standard InChI is InChI=1S/C14H30N2O2/c1-6-18-8-7-12(17)16-11-14(4,5)9-13(2,3)10-15/h6-11,15H2,1-5H3,(H,16,17). The first-order valence-corrected chi connectivity index (χ1v) is 6.77. The molecule has 0 saturated carbocycles. The van der Waals surface area contributed by atoms with Gasteiger partial charge in [-0.05, 0) is 30.7 Å². The minimum Gasteiger partial charge on any atom is -0.381 e. The van der Waals surface area contributed by atoms with Crippen LogP contribution in [0.4, 0.5) is 0 Å². The van der Waals surface area contributed by atoms with Gasteiger partial charge in [-0.25, -0.2) is 0 Å². The number of ether oxygens (including phenoxy) is 1. The largest absolute Gasteiger partial charge is 0.381 e. The van der Waals surface area contributed by atoms with Crippen molar-refractivity contribution in [2.45, 2.75) is 47.5 Å². The summed E-state index contributed by atoms with van der Waals surface area (Å²) in [6, 6.07) is 0. The molecular formula is C14H30N2O2. The van der Waals surface area contributed by atoms with Gasteiger partial charge in [0.2, 0.25) is 5.91 Å². The van der Waals surface area contributed by atoms with E-state index in [4.69, 9.17) is 10.5 Å². The van der Waals surface area contributed by atoms with Crippen molar-refractivity contribution in [2.24, 2.45) is 16.6 Å². The van der Waals surface area contributed by atoms with Crippen LogP contribution in [0.3, 0.4) is 0 Å². The third-order valence-electron chi connectivity index (χ3n) is 2.95. The molecule has 0 aromatic rings. The molecule has 3 N–H and O–H groups in total. The lowest BCUT2D eigenvalue weighted by atomic mass is 9.75. The minimum absolute atomic E-state index is 0.0575. The van der Waals surface area contributed by atoms with Gasteiger partial charge in [-0.3, -0.25) is 4.79 Å². The van der Waals surface area contributed by atoms with Gasteiger partial charge in [-0.1, -0.05) is 27.7 Å². The summed E-state index contributed by atoms with van der Waals surface area (Å²) in [5.41, 5.74) is 5.92. The van der Waals surface area contributed by atoms with E-state index in [2.05, 4.69) is 33.0 Å². The molecule has 1 amide bonds. The van der Waals surface area contributed by atoms with Crippen molar-refractivity contribution >= 4 is 5.91 Å². The normalized spacial score (nSPS) is 12.6. The Bertz CT molecular complexity index is 250. The van der Waals surface area contributed by atoms with Crippen LogP contribution in [0.25, 0.3) is 0 Å². The molecule has 0 heterocycles. The lowest BCUT2D eigenvalue weighted by molar-refractivity contribution is -0.122. The maximum Gasteiger partial charge on any atom is 0.222 e. The van der Waals surface area contributed by atoms with Crippen LogP contribution in [0, 0.1) is 10.8 Å². The number of amides is 1. The fourth-order valence-corrected chi connectivity index (χ4v) is 2.17. The Kier molecular flexibility index (Phi) is 7.48. The van der Waals surface area contributed by atoms with E-state index in [0.717, 1.165) is 6.42 Å². The number of carbonyl (C=O) groups excluding carboxylic acids is 1. The van der Waals surface area contributed by atoms with E-state index >= 15 is 0 Å². The van der Waals surface area contributed by atoms with Gasteiger partial charge < -0.3 is 15.8 Å². The third-order valence-corrected chi connectivity index (χ3v) is 2.95. The highest BCUT2D eigenvalue weighted by Gasteiger charge is 2.28. The Labute approximate surface area is 112 Å². The van der Waals surface area contributed by atoms with Gasteiger partial charge in [0, 0.05) is 19.6 Å². The monoisotopic (exact) mass is 258 g/mol. The molecule has 0 aromatic heterocycles. The van der Waals surface area contributed by atoms with Gasteiger partial charge in [0.15, 0.2) is 0 Å². The van der Waals surface area contributed by atoms with Crippen molar-refractivity contribution in [1.82, 2.24) is 5.32 Å². The van der Waals surface area contributed by atoms with Crippen LogP contribution in [0.5, 0.6) is 0 Å². The van der Waals surface area contributed by atoms with Gasteiger partial charge in [-0.15, -0.1) is 0 Å². The van der Waals surface area contributed by atoms with Crippen LogP contribution < -0.4 is 11.1 Å². The van der Waals surface area contributed by atoms with Crippen molar-refractivity contribution in [3.63, 3.8) is 0 Å². The Morgan fingerprint density at radius 1 is 1.22 bits per heavy atom. The lowest BCUT2D eigenvalue weighted by Gasteiger charge is -2.34. The second-order valence-electron chi connectivity index (χ2n) is 6.43. The van der Waals surface area contributed by atoms with E-state index in [1.807, 2.05) is 6.92 Å². The second-order valence-corrected chi connectivity index (χ2v) is 6.43. The van der Waals surface area contributed by atoms with Crippen LogP contribution in [0.2, 0.25) is 0 Å². The second kappa shape index (κ2) is 7.74. The van der Waals surface area contributed by atoms with Gasteiger partial charge in [0.1, 0.15) is 0 Å². The predicted molar refractivity (Wildman–Crippen MR) is 75.4 cm³/mol. The zero-order valence-corrected chi connectivity index (χ0v) is 12.6. The van der Waals surface area contributed by atoms with Crippen LogP contribution in [-0.4, -0.2) is 32.2 Å². The summed E-state index contributed by atoms with van der Waals surface area (Å²) >= 11 is 0. The zero-order chi connectivity index (χ0) is 14.2. The Balaban J connectivity index is 3.99. The molecule has 0 aliphatic rings. The number of nitrogens with two attached hydrogens (primary N) is 1. The molecule has 0 fully saturated rings. The summed E-state index contributed by atoms with van der Waals surface area (Å²) in [6.45, 7) is 13.1. The predicted octanol–water partition coefficient (Wildman–Crippen LogP) is 1.93. The first kappa shape index (κ1) is 17.4. The molecule has 0 radical (unpaired) electrons. The minimum atomic E-state index is 0.0575. The van der Waals surface area contributed by atoms with Crippen LogP contribution in [0.15, 0.2) is 0 Å². The lowest BCUT2D eigenvalue weighted by Crippen LogP contribution is -2.38. The first-order valence-electron chi connectivity index (χ1n) is 6.77. The van der Waals surface area contributed by atoms with Crippen LogP contribution in [0.1, 0.15) is 47.5 Å². The van der Waals surface area contributed by atoms with Crippen molar-refractivity contribution < 1.29 is 9.53 Å². The van der Waals surface area contributed by atoms with Crippen molar-refractivity contribution in [2.75, 3.05) is 26.3 Å². The molecule has 0 saturated heterocycles. The zero-order valence-electron chi connectivity index (χ0n) is 12.6. The van der Waals surface area contributed by atoms with Crippen LogP contribution in [-0.2, 0) is 9.53 Å². The number of hydrogen-bond acceptors (Lipinski definition) is 3. The number of nitrogens with one attached hydrogen (secondary N) is 1. The molecule has 0 bridgehead atoms. The number of rotatable bonds is 9. The van der Waals surface area contributed by atoms with E-state index < -0.39 is 0 Å². The molecule has 4 heteroatoms. The fraction of sp³-hybridized carbons (Fsp3) is 0.929. The van der Waals surface area contributed by atoms with E-state index in [-0.39, 0.29) is 16.7 Å². The van der Waals surface area contributed by atoms with Crippen molar-refractivity contribution in [3.8, 4) is 0 Å². The molecule has 0 aliphatic carbocycles. The summed E-state index contributed by atoms with van der Waals surface area (Å²) in [4.78, 5) is 11.6. The average molecular weight is 258 g/mol.